The molecule has 0 aliphatic rings. The average molecular weight is 145 g/mol. The van der Waals surface area contributed by atoms with Crippen molar-refractivity contribution in [1.82, 2.24) is 0 Å². The van der Waals surface area contributed by atoms with Crippen molar-refractivity contribution in [2.45, 2.75) is 13.0 Å². The Balaban J connectivity index is 3.55. The molecule has 0 aromatic heterocycles. The highest BCUT2D eigenvalue weighted by Gasteiger charge is 2.21. The summed E-state index contributed by atoms with van der Waals surface area (Å²) in [5.74, 6) is 0. The third-order valence-corrected chi connectivity index (χ3v) is 0.643. The van der Waals surface area contributed by atoms with Gasteiger partial charge in [0.1, 0.15) is 0 Å². The molecule has 3 nitrogen and oxygen atoms in total. The fourth-order valence-corrected chi connectivity index (χ4v) is 0.358. The van der Waals surface area contributed by atoms with Gasteiger partial charge in [-0.05, 0) is 0 Å². The molecule has 0 spiro atoms. The molecule has 0 aromatic carbocycles. The summed E-state index contributed by atoms with van der Waals surface area (Å²) in [5.41, 5.74) is 0. The smallest absolute Gasteiger partial charge is 0.364 e. The second-order valence-electron chi connectivity index (χ2n) is 1.10. The Morgan fingerprint density at radius 3 is 2.12 bits per heavy atom. The van der Waals surface area contributed by atoms with Crippen LogP contribution in [0.1, 0.15) is 6.92 Å². The Hall–Kier alpha value is -0.0700. The Kier molecular flexibility index (Phi) is 2.45. The van der Waals surface area contributed by atoms with E-state index in [0.29, 0.717) is 6.92 Å². The molecule has 0 saturated heterocycles. The molecule has 8 heavy (non-hydrogen) atoms. The van der Waals surface area contributed by atoms with Crippen LogP contribution in [-0.4, -0.2) is 14.9 Å². The van der Waals surface area contributed by atoms with E-state index in [1.807, 2.05) is 0 Å². The normalized spacial score (nSPS) is 16.0. The molecule has 0 N–H and O–H groups in total. The minimum atomic E-state index is -3.59. The van der Waals surface area contributed by atoms with Crippen LogP contribution in [0.15, 0.2) is 0 Å². The van der Waals surface area contributed by atoms with E-state index in [9.17, 15) is 17.5 Å². The largest absolute Gasteiger partial charge is 0.750 e. The van der Waals surface area contributed by atoms with Crippen LogP contribution in [-0.2, 0) is 15.5 Å². The van der Waals surface area contributed by atoms with E-state index in [4.69, 9.17) is 0 Å². The minimum Gasteiger partial charge on any atom is -0.750 e. The summed E-state index contributed by atoms with van der Waals surface area (Å²) in [6, 6.07) is 0. The van der Waals surface area contributed by atoms with Crippen molar-refractivity contribution < 1.29 is 21.7 Å². The standard InChI is InChI=1S/C2H4F2O3S/c1-2(3,4)7-8(5)6/h1H3,(H,5,6)/p-1. The number of rotatable bonds is 2. The highest BCUT2D eigenvalue weighted by Crippen LogP contribution is 2.13. The maximum Gasteiger partial charge on any atom is 0.364 e. The van der Waals surface area contributed by atoms with Gasteiger partial charge >= 0.3 is 6.11 Å². The van der Waals surface area contributed by atoms with Crippen LogP contribution in [0.25, 0.3) is 0 Å². The Morgan fingerprint density at radius 2 is 2.12 bits per heavy atom. The van der Waals surface area contributed by atoms with Crippen molar-refractivity contribution in [1.29, 1.82) is 0 Å². The van der Waals surface area contributed by atoms with Gasteiger partial charge in [-0.25, -0.2) is 8.39 Å². The quantitative estimate of drug-likeness (QED) is 0.529. The monoisotopic (exact) mass is 145 g/mol. The molecular weight excluding hydrogens is 142 g/mol. The Bertz CT molecular complexity index is 97.9. The SMILES string of the molecule is CC(F)(F)OS(=O)[O-]. The van der Waals surface area contributed by atoms with Crippen molar-refractivity contribution in [3.05, 3.63) is 0 Å². The van der Waals surface area contributed by atoms with Crippen LogP contribution in [0, 0.1) is 0 Å². The maximum atomic E-state index is 11.4. The lowest BCUT2D eigenvalue weighted by Gasteiger charge is -2.11. The number of alkyl halides is 2. The summed E-state index contributed by atoms with van der Waals surface area (Å²) in [4.78, 5) is 0. The van der Waals surface area contributed by atoms with Crippen LogP contribution < -0.4 is 0 Å². The molecule has 0 fully saturated rings. The summed E-state index contributed by atoms with van der Waals surface area (Å²) < 4.78 is 44.4. The second-order valence-corrected chi connectivity index (χ2v) is 1.67. The summed E-state index contributed by atoms with van der Waals surface area (Å²) in [6.07, 6.45) is -3.59. The molecular formula is C2H3F2O3S-. The molecule has 0 rings (SSSR count). The van der Waals surface area contributed by atoms with Crippen molar-refractivity contribution in [2.24, 2.45) is 0 Å². The minimum absolute atomic E-state index is 0.336. The lowest BCUT2D eigenvalue weighted by molar-refractivity contribution is -0.155. The molecule has 50 valence electrons. The van der Waals surface area contributed by atoms with Crippen LogP contribution in [0.4, 0.5) is 8.78 Å². The van der Waals surface area contributed by atoms with Crippen molar-refractivity contribution in [3.63, 3.8) is 0 Å². The van der Waals surface area contributed by atoms with Gasteiger partial charge in [-0.3, -0.25) is 0 Å². The van der Waals surface area contributed by atoms with Gasteiger partial charge in [0.15, 0.2) is 0 Å². The molecule has 0 aliphatic carbocycles. The first-order valence-corrected chi connectivity index (χ1v) is 2.58. The third-order valence-electron chi connectivity index (χ3n) is 0.214. The fourth-order valence-electron chi connectivity index (χ4n) is 0.119. The zero-order valence-electron chi connectivity index (χ0n) is 3.89. The van der Waals surface area contributed by atoms with Gasteiger partial charge in [0, 0.05) is 6.92 Å². The average Bonchev–Trinajstić information content (AvgIpc) is 1.21. The van der Waals surface area contributed by atoms with Gasteiger partial charge in [-0.1, -0.05) is 0 Å². The first kappa shape index (κ1) is 7.93. The van der Waals surface area contributed by atoms with E-state index < -0.39 is 17.5 Å². The Labute approximate surface area is 47.1 Å². The van der Waals surface area contributed by atoms with E-state index in [1.165, 1.54) is 0 Å². The first-order chi connectivity index (χ1) is 3.42. The van der Waals surface area contributed by atoms with E-state index in [2.05, 4.69) is 4.18 Å². The zero-order chi connectivity index (χ0) is 6.78. The predicted octanol–water partition coefficient (Wildman–Crippen LogP) is 0.410. The summed E-state index contributed by atoms with van der Waals surface area (Å²) in [6.45, 7) is 0.336. The van der Waals surface area contributed by atoms with Crippen molar-refractivity contribution in [2.75, 3.05) is 0 Å². The number of hydrogen-bond acceptors (Lipinski definition) is 3. The highest BCUT2D eigenvalue weighted by molar-refractivity contribution is 7.74. The molecule has 0 amide bonds. The van der Waals surface area contributed by atoms with Gasteiger partial charge in [0.25, 0.3) is 0 Å². The van der Waals surface area contributed by atoms with E-state index in [-0.39, 0.29) is 0 Å². The summed E-state index contributed by atoms with van der Waals surface area (Å²) in [5, 5.41) is 0. The molecule has 0 aromatic rings. The van der Waals surface area contributed by atoms with Crippen LogP contribution in [0.3, 0.4) is 0 Å². The molecule has 1 atom stereocenters. The molecule has 0 saturated carbocycles. The molecule has 1 unspecified atom stereocenters. The molecule has 0 bridgehead atoms. The van der Waals surface area contributed by atoms with Crippen molar-refractivity contribution >= 4 is 11.4 Å². The summed E-state index contributed by atoms with van der Waals surface area (Å²) in [7, 11) is 0. The van der Waals surface area contributed by atoms with Gasteiger partial charge in [-0.2, -0.15) is 8.78 Å². The van der Waals surface area contributed by atoms with Crippen molar-refractivity contribution in [3.8, 4) is 0 Å². The van der Waals surface area contributed by atoms with E-state index in [0.717, 1.165) is 0 Å². The first-order valence-electron chi connectivity index (χ1n) is 1.58. The second kappa shape index (κ2) is 2.47. The van der Waals surface area contributed by atoms with Crippen LogP contribution in [0.2, 0.25) is 0 Å². The van der Waals surface area contributed by atoms with Gasteiger partial charge in [-0.15, -0.1) is 0 Å². The number of hydrogen-bond donors (Lipinski definition) is 0. The predicted molar refractivity (Wildman–Crippen MR) is 20.6 cm³/mol. The molecule has 0 heterocycles. The highest BCUT2D eigenvalue weighted by atomic mass is 32.2. The van der Waals surface area contributed by atoms with Gasteiger partial charge < -0.3 is 4.55 Å². The van der Waals surface area contributed by atoms with Gasteiger partial charge in [0.2, 0.25) is 0 Å². The zero-order valence-corrected chi connectivity index (χ0v) is 4.71. The number of halogens is 2. The van der Waals surface area contributed by atoms with E-state index >= 15 is 0 Å². The third kappa shape index (κ3) is 5.93. The topological polar surface area (TPSA) is 49.4 Å². The Morgan fingerprint density at radius 1 is 1.75 bits per heavy atom. The lowest BCUT2D eigenvalue weighted by atomic mass is 10.8. The van der Waals surface area contributed by atoms with Crippen LogP contribution >= 0.6 is 0 Å². The molecule has 0 radical (unpaired) electrons. The van der Waals surface area contributed by atoms with Crippen LogP contribution in [0.5, 0.6) is 0 Å². The molecule has 0 aliphatic heterocycles. The lowest BCUT2D eigenvalue weighted by Crippen LogP contribution is -2.16. The fraction of sp³-hybridized carbons (Fsp3) is 1.00. The van der Waals surface area contributed by atoms with Gasteiger partial charge in [0.05, 0.1) is 11.4 Å². The summed E-state index contributed by atoms with van der Waals surface area (Å²) >= 11 is -3.14. The van der Waals surface area contributed by atoms with E-state index in [1.54, 1.807) is 0 Å². The maximum absolute atomic E-state index is 11.4. The molecule has 6 heteroatoms.